The smallest absolute Gasteiger partial charge is 0.143 e. The molecule has 0 aromatic heterocycles. The Morgan fingerprint density at radius 3 is 1.61 bits per heavy atom. The molecule has 0 spiro atoms. The van der Waals surface area contributed by atoms with Gasteiger partial charge in [0.15, 0.2) is 0 Å². The van der Waals surface area contributed by atoms with Crippen LogP contribution in [0.15, 0.2) is 78.9 Å². The van der Waals surface area contributed by atoms with E-state index < -0.39 is 5.60 Å². The van der Waals surface area contributed by atoms with Crippen LogP contribution >= 0.6 is 0 Å². The van der Waals surface area contributed by atoms with Gasteiger partial charge in [-0.3, -0.25) is 0 Å². The predicted octanol–water partition coefficient (Wildman–Crippen LogP) is 5.03. The highest BCUT2D eigenvalue weighted by molar-refractivity contribution is 5.49. The Bertz CT molecular complexity index is 894. The fraction of sp³-hybridized carbons (Fsp3) is 0.357. The van der Waals surface area contributed by atoms with Crippen molar-refractivity contribution in [2.75, 3.05) is 41.6 Å². The van der Waals surface area contributed by atoms with Gasteiger partial charge in [-0.1, -0.05) is 54.6 Å². The zero-order valence-electron chi connectivity index (χ0n) is 20.0. The maximum atomic E-state index is 6.88. The lowest BCUT2D eigenvalue weighted by Crippen LogP contribution is -2.35. The Morgan fingerprint density at radius 2 is 1.15 bits per heavy atom. The molecule has 0 bridgehead atoms. The van der Waals surface area contributed by atoms with E-state index in [1.807, 2.05) is 37.4 Å². The van der Waals surface area contributed by atoms with Crippen molar-refractivity contribution in [3.63, 3.8) is 0 Å². The first-order valence-electron chi connectivity index (χ1n) is 11.3. The van der Waals surface area contributed by atoms with Crippen LogP contribution in [0.25, 0.3) is 0 Å². The molecular weight excluding hydrogens is 414 g/mol. The number of rotatable bonds is 13. The summed E-state index contributed by atoms with van der Waals surface area (Å²) >= 11 is 0. The molecule has 1 unspecified atom stereocenters. The molecule has 0 aliphatic rings. The Morgan fingerprint density at radius 1 is 0.667 bits per heavy atom. The van der Waals surface area contributed by atoms with Crippen molar-refractivity contribution in [3.8, 4) is 11.5 Å². The van der Waals surface area contributed by atoms with E-state index in [1.165, 1.54) is 0 Å². The number of nitrogens with one attached hydrogen (secondary N) is 1. The fourth-order valence-corrected chi connectivity index (χ4v) is 4.12. The zero-order valence-corrected chi connectivity index (χ0v) is 20.0. The molecule has 0 saturated carbocycles. The number of hydrogen-bond donors (Lipinski definition) is 1. The highest BCUT2D eigenvalue weighted by atomic mass is 16.5. The standard InChI is InChI=1S/C28H35NO4/c1-29-25(18-20-30-2)19-21-33-28(22-8-6-5-7-9-22,23-10-14-26(31-3)15-11-23)24-12-16-27(32-4)17-13-24/h5-17,25,29H,18-21H2,1-4H3. The first-order chi connectivity index (χ1) is 16.2. The molecule has 176 valence electrons. The second-order valence-electron chi connectivity index (χ2n) is 7.91. The van der Waals surface area contributed by atoms with Crippen molar-refractivity contribution in [1.29, 1.82) is 0 Å². The van der Waals surface area contributed by atoms with Crippen molar-refractivity contribution in [2.24, 2.45) is 0 Å². The van der Waals surface area contributed by atoms with E-state index in [2.05, 4.69) is 53.8 Å². The van der Waals surface area contributed by atoms with Crippen LogP contribution in [0, 0.1) is 0 Å². The van der Waals surface area contributed by atoms with Crippen LogP contribution in [0.5, 0.6) is 11.5 Å². The largest absolute Gasteiger partial charge is 0.497 e. The number of hydrogen-bond acceptors (Lipinski definition) is 5. The van der Waals surface area contributed by atoms with Gasteiger partial charge in [-0.05, 0) is 60.8 Å². The fourth-order valence-electron chi connectivity index (χ4n) is 4.12. The summed E-state index contributed by atoms with van der Waals surface area (Å²) in [5.41, 5.74) is 2.37. The van der Waals surface area contributed by atoms with Crippen LogP contribution in [0.3, 0.4) is 0 Å². The van der Waals surface area contributed by atoms with E-state index in [0.29, 0.717) is 19.3 Å². The average molecular weight is 450 g/mol. The van der Waals surface area contributed by atoms with Crippen molar-refractivity contribution in [2.45, 2.75) is 24.5 Å². The van der Waals surface area contributed by atoms with Gasteiger partial charge in [0.25, 0.3) is 0 Å². The lowest BCUT2D eigenvalue weighted by atomic mass is 9.80. The summed E-state index contributed by atoms with van der Waals surface area (Å²) in [4.78, 5) is 0. The maximum Gasteiger partial charge on any atom is 0.143 e. The van der Waals surface area contributed by atoms with Gasteiger partial charge in [-0.25, -0.2) is 0 Å². The third-order valence-electron chi connectivity index (χ3n) is 6.04. The van der Waals surface area contributed by atoms with Crippen LogP contribution in [-0.2, 0) is 15.1 Å². The monoisotopic (exact) mass is 449 g/mol. The molecule has 0 saturated heterocycles. The molecule has 33 heavy (non-hydrogen) atoms. The molecule has 0 amide bonds. The van der Waals surface area contributed by atoms with Gasteiger partial charge in [0, 0.05) is 19.8 Å². The second kappa shape index (κ2) is 12.4. The number of benzene rings is 3. The highest BCUT2D eigenvalue weighted by Crippen LogP contribution is 2.41. The summed E-state index contributed by atoms with van der Waals surface area (Å²) in [5.74, 6) is 1.62. The molecule has 3 aromatic rings. The quantitative estimate of drug-likeness (QED) is 0.371. The molecule has 0 aliphatic heterocycles. The first kappa shape index (κ1) is 24.8. The molecule has 5 heteroatoms. The minimum Gasteiger partial charge on any atom is -0.497 e. The Kier molecular flexibility index (Phi) is 9.31. The predicted molar refractivity (Wildman–Crippen MR) is 132 cm³/mol. The van der Waals surface area contributed by atoms with Crippen molar-refractivity contribution in [1.82, 2.24) is 5.32 Å². The van der Waals surface area contributed by atoms with Crippen LogP contribution < -0.4 is 14.8 Å². The summed E-state index contributed by atoms with van der Waals surface area (Å²) in [6, 6.07) is 26.9. The number of methoxy groups -OCH3 is 3. The van der Waals surface area contributed by atoms with E-state index in [1.54, 1.807) is 21.3 Å². The third kappa shape index (κ3) is 5.93. The van der Waals surface area contributed by atoms with Gasteiger partial charge in [0.1, 0.15) is 17.1 Å². The van der Waals surface area contributed by atoms with Crippen molar-refractivity contribution >= 4 is 0 Å². The molecule has 0 aliphatic carbocycles. The molecule has 1 atom stereocenters. The Labute approximate surface area is 197 Å². The topological polar surface area (TPSA) is 49.0 Å². The molecule has 0 radical (unpaired) electrons. The Hall–Kier alpha value is -2.86. The van der Waals surface area contributed by atoms with Crippen LogP contribution in [0.1, 0.15) is 29.5 Å². The minimum absolute atomic E-state index is 0.310. The van der Waals surface area contributed by atoms with E-state index >= 15 is 0 Å². The summed E-state index contributed by atoms with van der Waals surface area (Å²) < 4.78 is 23.0. The van der Waals surface area contributed by atoms with E-state index in [4.69, 9.17) is 18.9 Å². The van der Waals surface area contributed by atoms with Gasteiger partial charge >= 0.3 is 0 Å². The maximum absolute atomic E-state index is 6.88. The third-order valence-corrected chi connectivity index (χ3v) is 6.04. The molecule has 5 nitrogen and oxygen atoms in total. The average Bonchev–Trinajstić information content (AvgIpc) is 2.89. The Balaban J connectivity index is 2.06. The summed E-state index contributed by atoms with van der Waals surface area (Å²) in [6.45, 7) is 1.29. The van der Waals surface area contributed by atoms with Crippen LogP contribution in [0.4, 0.5) is 0 Å². The van der Waals surface area contributed by atoms with E-state index in [0.717, 1.165) is 41.0 Å². The lowest BCUT2D eigenvalue weighted by Gasteiger charge is -2.36. The molecule has 0 fully saturated rings. The molecule has 1 N–H and O–H groups in total. The summed E-state index contributed by atoms with van der Waals surface area (Å²) in [7, 11) is 7.07. The van der Waals surface area contributed by atoms with Crippen molar-refractivity contribution < 1.29 is 18.9 Å². The lowest BCUT2D eigenvalue weighted by molar-refractivity contribution is 0.00692. The molecule has 3 rings (SSSR count). The highest BCUT2D eigenvalue weighted by Gasteiger charge is 2.37. The van der Waals surface area contributed by atoms with Crippen LogP contribution in [-0.4, -0.2) is 47.6 Å². The van der Waals surface area contributed by atoms with E-state index in [-0.39, 0.29) is 0 Å². The normalized spacial score (nSPS) is 12.4. The SMILES string of the molecule is CNC(CCOC)CCOC(c1ccccc1)(c1ccc(OC)cc1)c1ccc(OC)cc1. The second-order valence-corrected chi connectivity index (χ2v) is 7.91. The first-order valence-corrected chi connectivity index (χ1v) is 11.3. The van der Waals surface area contributed by atoms with Gasteiger partial charge in [0.05, 0.1) is 20.8 Å². The van der Waals surface area contributed by atoms with Gasteiger partial charge in [-0.2, -0.15) is 0 Å². The minimum atomic E-state index is -0.778. The molecule has 0 heterocycles. The number of ether oxygens (including phenoxy) is 4. The molecule has 3 aromatic carbocycles. The molecular formula is C28H35NO4. The van der Waals surface area contributed by atoms with Crippen LogP contribution in [0.2, 0.25) is 0 Å². The summed E-state index contributed by atoms with van der Waals surface area (Å²) in [6.07, 6.45) is 1.79. The van der Waals surface area contributed by atoms with Gasteiger partial charge in [0.2, 0.25) is 0 Å². The zero-order chi connectivity index (χ0) is 23.5. The summed E-state index contributed by atoms with van der Waals surface area (Å²) in [5, 5.41) is 3.38. The van der Waals surface area contributed by atoms with E-state index in [9.17, 15) is 0 Å². The van der Waals surface area contributed by atoms with Gasteiger partial charge < -0.3 is 24.3 Å². The van der Waals surface area contributed by atoms with Gasteiger partial charge in [-0.15, -0.1) is 0 Å². The van der Waals surface area contributed by atoms with Crippen molar-refractivity contribution in [3.05, 3.63) is 95.6 Å².